The smallest absolute Gasteiger partial charge is 0.168 e. The standard InChI is InChI=1S/C11H17ClN2O/c1-8(2)9(12)7-14-11-10(15-3)5-4-6-13-11/h4-6,8-9H,7H2,1-3H3,(H,13,14). The van der Waals surface area contributed by atoms with Gasteiger partial charge in [0.2, 0.25) is 0 Å². The maximum atomic E-state index is 6.13. The molecule has 1 atom stereocenters. The average Bonchev–Trinajstić information content (AvgIpc) is 2.26. The molecule has 0 aliphatic carbocycles. The molecule has 0 bridgehead atoms. The number of nitrogens with one attached hydrogen (secondary N) is 1. The van der Waals surface area contributed by atoms with E-state index in [4.69, 9.17) is 16.3 Å². The van der Waals surface area contributed by atoms with Gasteiger partial charge in [0, 0.05) is 12.7 Å². The van der Waals surface area contributed by atoms with E-state index in [1.165, 1.54) is 0 Å². The molecule has 1 rings (SSSR count). The zero-order chi connectivity index (χ0) is 11.3. The second kappa shape index (κ2) is 5.81. The van der Waals surface area contributed by atoms with Gasteiger partial charge in [-0.2, -0.15) is 0 Å². The Morgan fingerprint density at radius 1 is 1.53 bits per heavy atom. The number of ether oxygens (including phenoxy) is 1. The Morgan fingerprint density at radius 3 is 2.87 bits per heavy atom. The maximum absolute atomic E-state index is 6.13. The Morgan fingerprint density at radius 2 is 2.27 bits per heavy atom. The van der Waals surface area contributed by atoms with Crippen LogP contribution in [0.15, 0.2) is 18.3 Å². The highest BCUT2D eigenvalue weighted by Crippen LogP contribution is 2.20. The molecule has 0 amide bonds. The van der Waals surface area contributed by atoms with Crippen molar-refractivity contribution >= 4 is 17.4 Å². The predicted molar refractivity (Wildman–Crippen MR) is 63.8 cm³/mol. The Bertz CT molecular complexity index is 304. The van der Waals surface area contributed by atoms with Gasteiger partial charge in [0.05, 0.1) is 12.5 Å². The summed E-state index contributed by atoms with van der Waals surface area (Å²) in [6.07, 6.45) is 1.73. The number of pyridine rings is 1. The molecular weight excluding hydrogens is 212 g/mol. The van der Waals surface area contributed by atoms with Crippen molar-refractivity contribution in [3.05, 3.63) is 18.3 Å². The predicted octanol–water partition coefficient (Wildman–Crippen LogP) is 2.77. The molecule has 84 valence electrons. The molecule has 0 fully saturated rings. The fraction of sp³-hybridized carbons (Fsp3) is 0.545. The number of rotatable bonds is 5. The zero-order valence-electron chi connectivity index (χ0n) is 9.33. The number of methoxy groups -OCH3 is 1. The van der Waals surface area contributed by atoms with Crippen LogP contribution in [0.1, 0.15) is 13.8 Å². The highest BCUT2D eigenvalue weighted by molar-refractivity contribution is 6.21. The van der Waals surface area contributed by atoms with E-state index in [0.717, 1.165) is 11.6 Å². The Balaban J connectivity index is 2.57. The summed E-state index contributed by atoms with van der Waals surface area (Å²) in [6.45, 7) is 4.87. The number of aromatic nitrogens is 1. The molecule has 3 nitrogen and oxygen atoms in total. The highest BCUT2D eigenvalue weighted by Gasteiger charge is 2.10. The third-order valence-electron chi connectivity index (χ3n) is 2.18. The van der Waals surface area contributed by atoms with Gasteiger partial charge in [-0.05, 0) is 18.1 Å². The van der Waals surface area contributed by atoms with Crippen LogP contribution in [-0.4, -0.2) is 24.0 Å². The monoisotopic (exact) mass is 228 g/mol. The lowest BCUT2D eigenvalue weighted by Crippen LogP contribution is -2.20. The van der Waals surface area contributed by atoms with Gasteiger partial charge >= 0.3 is 0 Å². The maximum Gasteiger partial charge on any atom is 0.168 e. The third kappa shape index (κ3) is 3.59. The molecule has 0 saturated heterocycles. The molecule has 0 spiro atoms. The fourth-order valence-corrected chi connectivity index (χ4v) is 1.20. The second-order valence-corrected chi connectivity index (χ2v) is 4.26. The Hall–Kier alpha value is -0.960. The lowest BCUT2D eigenvalue weighted by molar-refractivity contribution is 0.414. The van der Waals surface area contributed by atoms with Crippen molar-refractivity contribution < 1.29 is 4.74 Å². The van der Waals surface area contributed by atoms with Gasteiger partial charge in [-0.1, -0.05) is 13.8 Å². The van der Waals surface area contributed by atoms with Gasteiger partial charge in [0.1, 0.15) is 0 Å². The molecule has 1 heterocycles. The lowest BCUT2D eigenvalue weighted by atomic mass is 10.1. The van der Waals surface area contributed by atoms with Gasteiger partial charge in [0.15, 0.2) is 11.6 Å². The van der Waals surface area contributed by atoms with Crippen molar-refractivity contribution in [3.63, 3.8) is 0 Å². The first kappa shape index (κ1) is 12.1. The Kier molecular flexibility index (Phi) is 4.69. The number of hydrogen-bond donors (Lipinski definition) is 1. The van der Waals surface area contributed by atoms with Crippen LogP contribution in [0.2, 0.25) is 0 Å². The number of anilines is 1. The summed E-state index contributed by atoms with van der Waals surface area (Å²) in [6, 6.07) is 3.71. The normalized spacial score (nSPS) is 12.6. The van der Waals surface area contributed by atoms with Crippen LogP contribution in [0, 0.1) is 5.92 Å². The summed E-state index contributed by atoms with van der Waals surface area (Å²) < 4.78 is 5.17. The van der Waals surface area contributed by atoms with Crippen molar-refractivity contribution in [2.45, 2.75) is 19.2 Å². The molecule has 0 radical (unpaired) electrons. The molecule has 1 unspecified atom stereocenters. The van der Waals surface area contributed by atoms with E-state index in [2.05, 4.69) is 24.1 Å². The summed E-state index contributed by atoms with van der Waals surface area (Å²) in [5.74, 6) is 1.92. The molecule has 15 heavy (non-hydrogen) atoms. The average molecular weight is 229 g/mol. The topological polar surface area (TPSA) is 34.1 Å². The zero-order valence-corrected chi connectivity index (χ0v) is 10.1. The summed E-state index contributed by atoms with van der Waals surface area (Å²) in [5.41, 5.74) is 0. The lowest BCUT2D eigenvalue weighted by Gasteiger charge is -2.15. The molecular formula is C11H17ClN2O. The summed E-state index contributed by atoms with van der Waals surface area (Å²) >= 11 is 6.13. The van der Waals surface area contributed by atoms with Crippen molar-refractivity contribution in [2.75, 3.05) is 19.0 Å². The quantitative estimate of drug-likeness (QED) is 0.787. The molecule has 1 N–H and O–H groups in total. The van der Waals surface area contributed by atoms with Crippen molar-refractivity contribution in [3.8, 4) is 5.75 Å². The minimum absolute atomic E-state index is 0.0942. The first-order valence-electron chi connectivity index (χ1n) is 5.02. The van der Waals surface area contributed by atoms with Crippen molar-refractivity contribution in [1.29, 1.82) is 0 Å². The number of halogens is 1. The molecule has 0 aliphatic rings. The van der Waals surface area contributed by atoms with Crippen LogP contribution in [0.25, 0.3) is 0 Å². The van der Waals surface area contributed by atoms with Crippen LogP contribution in [0.5, 0.6) is 5.75 Å². The van der Waals surface area contributed by atoms with Gasteiger partial charge in [-0.25, -0.2) is 4.98 Å². The van der Waals surface area contributed by atoms with E-state index in [1.807, 2.05) is 12.1 Å². The van der Waals surface area contributed by atoms with Crippen LogP contribution in [-0.2, 0) is 0 Å². The van der Waals surface area contributed by atoms with E-state index in [0.29, 0.717) is 12.5 Å². The van der Waals surface area contributed by atoms with Crippen molar-refractivity contribution in [1.82, 2.24) is 4.98 Å². The summed E-state index contributed by atoms with van der Waals surface area (Å²) in [5, 5.41) is 3.27. The number of alkyl halides is 1. The van der Waals surface area contributed by atoms with E-state index in [9.17, 15) is 0 Å². The number of nitrogens with zero attached hydrogens (tertiary/aromatic N) is 1. The molecule has 4 heteroatoms. The Labute approximate surface area is 95.8 Å². The fourth-order valence-electron chi connectivity index (χ4n) is 1.12. The number of hydrogen-bond acceptors (Lipinski definition) is 3. The van der Waals surface area contributed by atoms with Gasteiger partial charge < -0.3 is 10.1 Å². The molecule has 1 aromatic rings. The molecule has 0 aliphatic heterocycles. The van der Waals surface area contributed by atoms with E-state index in [1.54, 1.807) is 13.3 Å². The minimum atomic E-state index is 0.0942. The van der Waals surface area contributed by atoms with Gasteiger partial charge in [-0.15, -0.1) is 11.6 Å². The van der Waals surface area contributed by atoms with E-state index < -0.39 is 0 Å². The van der Waals surface area contributed by atoms with Crippen LogP contribution < -0.4 is 10.1 Å². The summed E-state index contributed by atoms with van der Waals surface area (Å²) in [4.78, 5) is 4.19. The van der Waals surface area contributed by atoms with Gasteiger partial charge in [0.25, 0.3) is 0 Å². The van der Waals surface area contributed by atoms with Crippen LogP contribution in [0.4, 0.5) is 5.82 Å². The van der Waals surface area contributed by atoms with Gasteiger partial charge in [-0.3, -0.25) is 0 Å². The molecule has 1 aromatic heterocycles. The highest BCUT2D eigenvalue weighted by atomic mass is 35.5. The summed E-state index contributed by atoms with van der Waals surface area (Å²) in [7, 11) is 1.63. The van der Waals surface area contributed by atoms with Crippen LogP contribution >= 0.6 is 11.6 Å². The van der Waals surface area contributed by atoms with E-state index in [-0.39, 0.29) is 5.38 Å². The first-order chi connectivity index (χ1) is 7.15. The molecule has 0 saturated carbocycles. The van der Waals surface area contributed by atoms with E-state index >= 15 is 0 Å². The first-order valence-corrected chi connectivity index (χ1v) is 5.45. The van der Waals surface area contributed by atoms with Crippen LogP contribution in [0.3, 0.4) is 0 Å². The molecule has 0 aromatic carbocycles. The SMILES string of the molecule is COc1cccnc1NCC(Cl)C(C)C. The largest absolute Gasteiger partial charge is 0.493 e. The van der Waals surface area contributed by atoms with Crippen molar-refractivity contribution in [2.24, 2.45) is 5.92 Å². The second-order valence-electron chi connectivity index (χ2n) is 3.70. The minimum Gasteiger partial charge on any atom is -0.493 e. The third-order valence-corrected chi connectivity index (χ3v) is 2.84.